The lowest BCUT2D eigenvalue weighted by atomic mass is 10.0. The SMILES string of the molecule is COc1cccc(C(CN)N2CCN(C)CC2)c1O. The van der Waals surface area contributed by atoms with Crippen LogP contribution in [0, 0.1) is 0 Å². The summed E-state index contributed by atoms with van der Waals surface area (Å²) in [5.41, 5.74) is 6.78. The molecule has 0 saturated carbocycles. The molecule has 0 aromatic heterocycles. The zero-order valence-corrected chi connectivity index (χ0v) is 11.7. The maximum Gasteiger partial charge on any atom is 0.162 e. The van der Waals surface area contributed by atoms with Crippen LogP contribution in [0.1, 0.15) is 11.6 Å². The van der Waals surface area contributed by atoms with Crippen LogP contribution in [-0.4, -0.2) is 61.8 Å². The number of aromatic hydroxyl groups is 1. The number of ether oxygens (including phenoxy) is 1. The van der Waals surface area contributed by atoms with E-state index in [9.17, 15) is 5.11 Å². The van der Waals surface area contributed by atoms with E-state index in [1.807, 2.05) is 12.1 Å². The van der Waals surface area contributed by atoms with Gasteiger partial charge >= 0.3 is 0 Å². The van der Waals surface area contributed by atoms with Crippen LogP contribution in [0.5, 0.6) is 11.5 Å². The van der Waals surface area contributed by atoms with Gasteiger partial charge < -0.3 is 20.5 Å². The number of piperazine rings is 1. The average Bonchev–Trinajstić information content (AvgIpc) is 2.43. The fourth-order valence-electron chi connectivity index (χ4n) is 2.58. The summed E-state index contributed by atoms with van der Waals surface area (Å²) in [4.78, 5) is 4.63. The molecule has 1 aromatic carbocycles. The summed E-state index contributed by atoms with van der Waals surface area (Å²) < 4.78 is 5.17. The van der Waals surface area contributed by atoms with Crippen LogP contribution in [0.3, 0.4) is 0 Å². The highest BCUT2D eigenvalue weighted by molar-refractivity contribution is 5.47. The van der Waals surface area contributed by atoms with Crippen LogP contribution < -0.4 is 10.5 Å². The zero-order valence-electron chi connectivity index (χ0n) is 11.7. The van der Waals surface area contributed by atoms with Gasteiger partial charge in [-0.3, -0.25) is 4.90 Å². The highest BCUT2D eigenvalue weighted by Gasteiger charge is 2.25. The van der Waals surface area contributed by atoms with E-state index in [1.165, 1.54) is 0 Å². The molecule has 1 atom stereocenters. The third kappa shape index (κ3) is 3.00. The predicted octanol–water partition coefficient (Wildman–Crippen LogP) is 0.648. The summed E-state index contributed by atoms with van der Waals surface area (Å²) in [5, 5.41) is 10.3. The molecule has 106 valence electrons. The molecule has 2 rings (SSSR count). The van der Waals surface area contributed by atoms with Crippen molar-refractivity contribution < 1.29 is 9.84 Å². The van der Waals surface area contributed by atoms with Crippen molar-refractivity contribution >= 4 is 0 Å². The number of hydrogen-bond acceptors (Lipinski definition) is 5. The number of methoxy groups -OCH3 is 1. The Morgan fingerprint density at radius 1 is 1.32 bits per heavy atom. The van der Waals surface area contributed by atoms with Gasteiger partial charge in [-0.25, -0.2) is 0 Å². The molecule has 1 unspecified atom stereocenters. The normalized spacial score (nSPS) is 19.3. The van der Waals surface area contributed by atoms with Gasteiger partial charge in [-0.15, -0.1) is 0 Å². The van der Waals surface area contributed by atoms with E-state index in [4.69, 9.17) is 10.5 Å². The van der Waals surface area contributed by atoms with Crippen LogP contribution in [0.2, 0.25) is 0 Å². The largest absolute Gasteiger partial charge is 0.504 e. The first-order valence-corrected chi connectivity index (χ1v) is 6.66. The standard InChI is InChI=1S/C14H23N3O2/c1-16-6-8-17(9-7-16)12(10-15)11-4-3-5-13(19-2)14(11)18/h3-5,12,18H,6-10,15H2,1-2H3. The van der Waals surface area contributed by atoms with Gasteiger partial charge in [0, 0.05) is 38.3 Å². The quantitative estimate of drug-likeness (QED) is 0.837. The average molecular weight is 265 g/mol. The number of phenols is 1. The van der Waals surface area contributed by atoms with E-state index >= 15 is 0 Å². The molecule has 0 bridgehead atoms. The number of benzene rings is 1. The third-order valence-corrected chi connectivity index (χ3v) is 3.81. The van der Waals surface area contributed by atoms with E-state index in [0.717, 1.165) is 31.7 Å². The maximum atomic E-state index is 10.3. The number of nitrogens with zero attached hydrogens (tertiary/aromatic N) is 2. The Hall–Kier alpha value is -1.30. The number of likely N-dealkylation sites (N-methyl/N-ethyl adjacent to an activating group) is 1. The Bertz CT molecular complexity index is 417. The van der Waals surface area contributed by atoms with E-state index in [0.29, 0.717) is 12.3 Å². The van der Waals surface area contributed by atoms with Crippen molar-refractivity contribution in [2.45, 2.75) is 6.04 Å². The summed E-state index contributed by atoms with van der Waals surface area (Å²) >= 11 is 0. The molecule has 0 amide bonds. The van der Waals surface area contributed by atoms with Gasteiger partial charge in [0.25, 0.3) is 0 Å². The Kier molecular flexibility index (Phi) is 4.63. The van der Waals surface area contributed by atoms with Crippen molar-refractivity contribution in [3.8, 4) is 11.5 Å². The van der Waals surface area contributed by atoms with Crippen molar-refractivity contribution in [2.24, 2.45) is 5.73 Å². The van der Waals surface area contributed by atoms with Gasteiger partial charge in [0.15, 0.2) is 11.5 Å². The lowest BCUT2D eigenvalue weighted by Crippen LogP contribution is -2.47. The minimum Gasteiger partial charge on any atom is -0.504 e. The molecule has 1 heterocycles. The monoisotopic (exact) mass is 265 g/mol. The lowest BCUT2D eigenvalue weighted by Gasteiger charge is -2.38. The van der Waals surface area contributed by atoms with Gasteiger partial charge in [-0.2, -0.15) is 0 Å². The van der Waals surface area contributed by atoms with Crippen molar-refractivity contribution in [3.63, 3.8) is 0 Å². The van der Waals surface area contributed by atoms with Crippen LogP contribution in [-0.2, 0) is 0 Å². The molecule has 0 radical (unpaired) electrons. The summed E-state index contributed by atoms with van der Waals surface area (Å²) in [6.45, 7) is 4.48. The Balaban J connectivity index is 2.22. The summed E-state index contributed by atoms with van der Waals surface area (Å²) in [6, 6.07) is 5.63. The Morgan fingerprint density at radius 2 is 2.00 bits per heavy atom. The van der Waals surface area contributed by atoms with Gasteiger partial charge in [0.1, 0.15) is 0 Å². The molecule has 0 aliphatic carbocycles. The summed E-state index contributed by atoms with van der Waals surface area (Å²) in [6.07, 6.45) is 0. The summed E-state index contributed by atoms with van der Waals surface area (Å²) in [7, 11) is 3.68. The van der Waals surface area contributed by atoms with E-state index < -0.39 is 0 Å². The molecule has 5 nitrogen and oxygen atoms in total. The first-order valence-electron chi connectivity index (χ1n) is 6.66. The second-order valence-corrected chi connectivity index (χ2v) is 4.99. The molecule has 1 fully saturated rings. The van der Waals surface area contributed by atoms with Crippen LogP contribution in [0.15, 0.2) is 18.2 Å². The van der Waals surface area contributed by atoms with E-state index in [-0.39, 0.29) is 11.8 Å². The number of hydrogen-bond donors (Lipinski definition) is 2. The topological polar surface area (TPSA) is 62.0 Å². The molecule has 1 saturated heterocycles. The van der Waals surface area contributed by atoms with Gasteiger partial charge in [0.2, 0.25) is 0 Å². The summed E-state index contributed by atoms with van der Waals surface area (Å²) in [5.74, 6) is 0.712. The molecule has 1 aliphatic rings. The molecule has 3 N–H and O–H groups in total. The predicted molar refractivity (Wildman–Crippen MR) is 75.5 cm³/mol. The van der Waals surface area contributed by atoms with Crippen molar-refractivity contribution in [3.05, 3.63) is 23.8 Å². The van der Waals surface area contributed by atoms with Gasteiger partial charge in [-0.05, 0) is 13.1 Å². The Morgan fingerprint density at radius 3 is 2.58 bits per heavy atom. The number of para-hydroxylation sites is 1. The van der Waals surface area contributed by atoms with Crippen molar-refractivity contribution in [2.75, 3.05) is 46.9 Å². The van der Waals surface area contributed by atoms with Gasteiger partial charge in [-0.1, -0.05) is 12.1 Å². The minimum absolute atomic E-state index is 0.0452. The van der Waals surface area contributed by atoms with Crippen LogP contribution >= 0.6 is 0 Å². The lowest BCUT2D eigenvalue weighted by molar-refractivity contribution is 0.113. The van der Waals surface area contributed by atoms with Crippen molar-refractivity contribution in [1.82, 2.24) is 9.80 Å². The third-order valence-electron chi connectivity index (χ3n) is 3.81. The zero-order chi connectivity index (χ0) is 13.8. The second-order valence-electron chi connectivity index (χ2n) is 4.99. The molecule has 1 aliphatic heterocycles. The van der Waals surface area contributed by atoms with Gasteiger partial charge in [0.05, 0.1) is 13.2 Å². The van der Waals surface area contributed by atoms with Crippen molar-refractivity contribution in [1.29, 1.82) is 0 Å². The fraction of sp³-hybridized carbons (Fsp3) is 0.571. The number of rotatable bonds is 4. The maximum absolute atomic E-state index is 10.3. The molecular weight excluding hydrogens is 242 g/mol. The minimum atomic E-state index is 0.0452. The highest BCUT2D eigenvalue weighted by atomic mass is 16.5. The molecule has 0 spiro atoms. The fourth-order valence-corrected chi connectivity index (χ4v) is 2.58. The second kappa shape index (κ2) is 6.23. The molecular formula is C14H23N3O2. The van der Waals surface area contributed by atoms with E-state index in [2.05, 4.69) is 16.8 Å². The molecule has 19 heavy (non-hydrogen) atoms. The number of nitrogens with two attached hydrogens (primary N) is 1. The highest BCUT2D eigenvalue weighted by Crippen LogP contribution is 2.35. The number of phenolic OH excluding ortho intramolecular Hbond substituents is 1. The first-order chi connectivity index (χ1) is 9.17. The smallest absolute Gasteiger partial charge is 0.162 e. The van der Waals surface area contributed by atoms with Crippen LogP contribution in [0.25, 0.3) is 0 Å². The van der Waals surface area contributed by atoms with Crippen LogP contribution in [0.4, 0.5) is 0 Å². The molecule has 1 aromatic rings. The van der Waals surface area contributed by atoms with E-state index in [1.54, 1.807) is 13.2 Å². The molecule has 5 heteroatoms. The first kappa shape index (κ1) is 14.1. The Labute approximate surface area is 114 Å².